The quantitative estimate of drug-likeness (QED) is 0.612. The maximum Gasteiger partial charge on any atom is 0.0717 e. The molecule has 0 radical (unpaired) electrons. The van der Waals surface area contributed by atoms with Gasteiger partial charge in [0.2, 0.25) is 0 Å². The number of pyridine rings is 3. The van der Waals surface area contributed by atoms with Crippen molar-refractivity contribution in [2.24, 2.45) is 5.73 Å². The maximum absolute atomic E-state index is 5.72. The average Bonchev–Trinajstić information content (AvgIpc) is 2.72. The molecule has 0 saturated heterocycles. The van der Waals surface area contributed by atoms with Gasteiger partial charge in [0.1, 0.15) is 0 Å². The summed E-state index contributed by atoms with van der Waals surface area (Å²) in [6.07, 6.45) is 8.43. The van der Waals surface area contributed by atoms with Crippen LogP contribution in [-0.4, -0.2) is 27.5 Å². The minimum absolute atomic E-state index is 0.322. The summed E-state index contributed by atoms with van der Waals surface area (Å²) in [4.78, 5) is 13.5. The molecule has 1 atom stereocenters. The number of aryl methyl sites for hydroxylation is 1. The van der Waals surface area contributed by atoms with Crippen LogP contribution in [0.25, 0.3) is 11.3 Å². The Morgan fingerprint density at radius 2 is 1.89 bits per heavy atom. The van der Waals surface area contributed by atoms with Gasteiger partial charge in [-0.15, -0.1) is 0 Å². The van der Waals surface area contributed by atoms with Crippen molar-refractivity contribution in [1.29, 1.82) is 0 Å². The van der Waals surface area contributed by atoms with Gasteiger partial charge in [0.05, 0.1) is 11.4 Å². The fourth-order valence-corrected chi connectivity index (χ4v) is 3.07. The first-order chi connectivity index (χ1) is 13.3. The molecule has 27 heavy (non-hydrogen) atoms. The van der Waals surface area contributed by atoms with Crippen LogP contribution in [0.5, 0.6) is 0 Å². The lowest BCUT2D eigenvalue weighted by Crippen LogP contribution is -2.32. The summed E-state index contributed by atoms with van der Waals surface area (Å²) in [6, 6.07) is 14.5. The molecule has 3 aromatic rings. The Balaban J connectivity index is 1.64. The molecule has 0 aliphatic rings. The van der Waals surface area contributed by atoms with Gasteiger partial charge in [-0.3, -0.25) is 15.0 Å². The number of aromatic nitrogens is 3. The minimum Gasteiger partial charge on any atom is -0.330 e. The van der Waals surface area contributed by atoms with Crippen LogP contribution >= 0.6 is 0 Å². The Labute approximate surface area is 161 Å². The van der Waals surface area contributed by atoms with E-state index in [1.807, 2.05) is 36.7 Å². The van der Waals surface area contributed by atoms with Gasteiger partial charge in [0.25, 0.3) is 0 Å². The van der Waals surface area contributed by atoms with E-state index in [-0.39, 0.29) is 0 Å². The lowest BCUT2D eigenvalue weighted by molar-refractivity contribution is 0.459. The highest BCUT2D eigenvalue weighted by atomic mass is 14.9. The van der Waals surface area contributed by atoms with Crippen molar-refractivity contribution in [2.45, 2.75) is 38.8 Å². The van der Waals surface area contributed by atoms with Crippen molar-refractivity contribution in [2.75, 3.05) is 6.54 Å². The van der Waals surface area contributed by atoms with Gasteiger partial charge in [0, 0.05) is 48.9 Å². The van der Waals surface area contributed by atoms with Crippen molar-refractivity contribution in [3.05, 3.63) is 78.0 Å². The number of hydrogen-bond donors (Lipinski definition) is 2. The third kappa shape index (κ3) is 5.67. The molecule has 3 N–H and O–H groups in total. The molecule has 0 aliphatic heterocycles. The van der Waals surface area contributed by atoms with Crippen LogP contribution in [0.15, 0.2) is 61.1 Å². The molecular formula is C22H27N5. The van der Waals surface area contributed by atoms with Gasteiger partial charge >= 0.3 is 0 Å². The summed E-state index contributed by atoms with van der Waals surface area (Å²) in [5.74, 6) is 0. The number of hydrogen-bond acceptors (Lipinski definition) is 5. The number of rotatable bonds is 9. The Morgan fingerprint density at radius 3 is 2.59 bits per heavy atom. The zero-order valence-corrected chi connectivity index (χ0v) is 15.8. The molecule has 3 heterocycles. The first-order valence-electron chi connectivity index (χ1n) is 9.46. The molecule has 0 saturated carbocycles. The molecule has 140 valence electrons. The van der Waals surface area contributed by atoms with Crippen molar-refractivity contribution >= 4 is 0 Å². The summed E-state index contributed by atoms with van der Waals surface area (Å²) in [5.41, 5.74) is 11.1. The van der Waals surface area contributed by atoms with E-state index >= 15 is 0 Å². The molecular weight excluding hydrogens is 334 g/mol. The third-order valence-corrected chi connectivity index (χ3v) is 4.67. The molecule has 0 bridgehead atoms. The molecule has 3 rings (SSSR count). The van der Waals surface area contributed by atoms with Crippen LogP contribution in [-0.2, 0) is 13.0 Å². The number of nitrogens with zero attached hydrogens (tertiary/aromatic N) is 3. The second kappa shape index (κ2) is 9.90. The summed E-state index contributed by atoms with van der Waals surface area (Å²) in [7, 11) is 0. The average molecular weight is 361 g/mol. The predicted octanol–water partition coefficient (Wildman–Crippen LogP) is 3.29. The molecule has 3 aromatic heterocycles. The van der Waals surface area contributed by atoms with E-state index in [0.29, 0.717) is 12.6 Å². The van der Waals surface area contributed by atoms with Crippen LogP contribution in [0.4, 0.5) is 0 Å². The molecule has 0 aromatic carbocycles. The number of nitrogens with two attached hydrogens (primary N) is 1. The topological polar surface area (TPSA) is 76.7 Å². The van der Waals surface area contributed by atoms with Gasteiger partial charge < -0.3 is 11.1 Å². The zero-order chi connectivity index (χ0) is 18.9. The van der Waals surface area contributed by atoms with E-state index in [1.165, 1.54) is 5.56 Å². The third-order valence-electron chi connectivity index (χ3n) is 4.67. The summed E-state index contributed by atoms with van der Waals surface area (Å²) < 4.78 is 0. The van der Waals surface area contributed by atoms with Gasteiger partial charge in [-0.2, -0.15) is 0 Å². The van der Waals surface area contributed by atoms with Crippen molar-refractivity contribution < 1.29 is 0 Å². The molecule has 1 unspecified atom stereocenters. The standard InChI is InChI=1S/C22H27N5/c1-17-6-5-13-25-22(17)16-27-19(7-4-11-23)14-20-10-9-18(15-26-20)21-8-2-3-12-24-21/h2-3,5-6,8-10,12-13,15,19,27H,4,7,11,14,16,23H2,1H3. The lowest BCUT2D eigenvalue weighted by atomic mass is 10.0. The highest BCUT2D eigenvalue weighted by molar-refractivity contribution is 5.57. The van der Waals surface area contributed by atoms with E-state index in [1.54, 1.807) is 6.20 Å². The highest BCUT2D eigenvalue weighted by Gasteiger charge is 2.11. The second-order valence-corrected chi connectivity index (χ2v) is 6.73. The van der Waals surface area contributed by atoms with Crippen LogP contribution in [0, 0.1) is 6.92 Å². The van der Waals surface area contributed by atoms with Crippen LogP contribution in [0.1, 0.15) is 29.8 Å². The molecule has 5 heteroatoms. The minimum atomic E-state index is 0.322. The van der Waals surface area contributed by atoms with E-state index in [4.69, 9.17) is 5.73 Å². The normalized spacial score (nSPS) is 12.1. The van der Waals surface area contributed by atoms with Crippen LogP contribution in [0.2, 0.25) is 0 Å². The summed E-state index contributed by atoms with van der Waals surface area (Å²) in [5, 5.41) is 3.64. The van der Waals surface area contributed by atoms with Crippen LogP contribution in [0.3, 0.4) is 0 Å². The van der Waals surface area contributed by atoms with Crippen LogP contribution < -0.4 is 11.1 Å². The molecule has 0 fully saturated rings. The first kappa shape index (κ1) is 19.1. The van der Waals surface area contributed by atoms with Gasteiger partial charge in [-0.1, -0.05) is 12.1 Å². The Bertz CT molecular complexity index is 818. The van der Waals surface area contributed by atoms with E-state index in [0.717, 1.165) is 48.5 Å². The van der Waals surface area contributed by atoms with E-state index in [2.05, 4.69) is 45.4 Å². The van der Waals surface area contributed by atoms with Crippen molar-refractivity contribution in [3.63, 3.8) is 0 Å². The highest BCUT2D eigenvalue weighted by Crippen LogP contribution is 2.16. The predicted molar refractivity (Wildman–Crippen MR) is 109 cm³/mol. The molecule has 0 amide bonds. The van der Waals surface area contributed by atoms with Gasteiger partial charge in [-0.05, 0) is 62.2 Å². The molecule has 0 spiro atoms. The Hall–Kier alpha value is -2.63. The largest absolute Gasteiger partial charge is 0.330 e. The maximum atomic E-state index is 5.72. The van der Waals surface area contributed by atoms with Crippen molar-refractivity contribution in [1.82, 2.24) is 20.3 Å². The van der Waals surface area contributed by atoms with Gasteiger partial charge in [-0.25, -0.2) is 0 Å². The lowest BCUT2D eigenvalue weighted by Gasteiger charge is -2.19. The fraction of sp³-hybridized carbons (Fsp3) is 0.318. The fourth-order valence-electron chi connectivity index (χ4n) is 3.07. The smallest absolute Gasteiger partial charge is 0.0717 e. The first-order valence-corrected chi connectivity index (χ1v) is 9.46. The van der Waals surface area contributed by atoms with E-state index < -0.39 is 0 Å². The summed E-state index contributed by atoms with van der Waals surface area (Å²) >= 11 is 0. The zero-order valence-electron chi connectivity index (χ0n) is 15.8. The second-order valence-electron chi connectivity index (χ2n) is 6.73. The summed E-state index contributed by atoms with van der Waals surface area (Å²) in [6.45, 7) is 3.55. The van der Waals surface area contributed by atoms with Crippen molar-refractivity contribution in [3.8, 4) is 11.3 Å². The SMILES string of the molecule is Cc1cccnc1CNC(CCCN)Cc1ccc(-c2ccccn2)cn1. The number of nitrogens with one attached hydrogen (secondary N) is 1. The Kier molecular flexibility index (Phi) is 7.02. The molecule has 0 aliphatic carbocycles. The van der Waals surface area contributed by atoms with Gasteiger partial charge in [0.15, 0.2) is 0 Å². The monoisotopic (exact) mass is 361 g/mol. The molecule has 5 nitrogen and oxygen atoms in total. The Morgan fingerprint density at radius 1 is 1.00 bits per heavy atom. The van der Waals surface area contributed by atoms with E-state index in [9.17, 15) is 0 Å².